The van der Waals surface area contributed by atoms with Crippen molar-refractivity contribution >= 4 is 5.91 Å². The first-order valence-corrected chi connectivity index (χ1v) is 7.47. The Balaban J connectivity index is 2.54. The molecule has 21 heavy (non-hydrogen) atoms. The highest BCUT2D eigenvalue weighted by Crippen LogP contribution is 2.13. The standard InChI is InChI=1S/C15H28N4O2/c1-11(2)17-15(20)6-8-19-13(4)14(12(3)18-19)10-16-7-9-21-5/h11,16H,6-10H2,1-5H3,(H,17,20). The minimum absolute atomic E-state index is 0.0670. The normalized spacial score (nSPS) is 11.1. The van der Waals surface area contributed by atoms with E-state index in [1.54, 1.807) is 7.11 Å². The number of hydrogen-bond donors (Lipinski definition) is 2. The van der Waals surface area contributed by atoms with Gasteiger partial charge in [0, 0.05) is 50.5 Å². The number of methoxy groups -OCH3 is 1. The highest BCUT2D eigenvalue weighted by atomic mass is 16.5. The number of rotatable bonds is 9. The van der Waals surface area contributed by atoms with Crippen LogP contribution in [0.25, 0.3) is 0 Å². The van der Waals surface area contributed by atoms with E-state index in [0.29, 0.717) is 19.6 Å². The molecule has 1 aromatic heterocycles. The summed E-state index contributed by atoms with van der Waals surface area (Å²) in [5.41, 5.74) is 3.34. The molecule has 0 aliphatic rings. The molecule has 120 valence electrons. The molecule has 6 heteroatoms. The van der Waals surface area contributed by atoms with Gasteiger partial charge in [-0.25, -0.2) is 0 Å². The van der Waals surface area contributed by atoms with Gasteiger partial charge in [-0.2, -0.15) is 5.10 Å². The third kappa shape index (κ3) is 5.85. The second kappa shape index (κ2) is 8.79. The molecule has 1 amide bonds. The summed E-state index contributed by atoms with van der Waals surface area (Å²) in [6.07, 6.45) is 0.455. The molecule has 1 heterocycles. The summed E-state index contributed by atoms with van der Waals surface area (Å²) in [7, 11) is 1.69. The second-order valence-electron chi connectivity index (χ2n) is 5.51. The first kappa shape index (κ1) is 17.7. The topological polar surface area (TPSA) is 68.2 Å². The van der Waals surface area contributed by atoms with Crippen LogP contribution < -0.4 is 10.6 Å². The summed E-state index contributed by atoms with van der Waals surface area (Å²) < 4.78 is 6.93. The summed E-state index contributed by atoms with van der Waals surface area (Å²) in [6, 6.07) is 0.179. The smallest absolute Gasteiger partial charge is 0.222 e. The molecule has 2 N–H and O–H groups in total. The van der Waals surface area contributed by atoms with Gasteiger partial charge in [0.2, 0.25) is 5.91 Å². The van der Waals surface area contributed by atoms with Crippen molar-refractivity contribution in [2.75, 3.05) is 20.3 Å². The van der Waals surface area contributed by atoms with Crippen LogP contribution in [-0.4, -0.2) is 42.0 Å². The molecule has 0 aliphatic carbocycles. The first-order chi connectivity index (χ1) is 9.95. The number of hydrogen-bond acceptors (Lipinski definition) is 4. The molecule has 0 atom stereocenters. The van der Waals surface area contributed by atoms with E-state index in [9.17, 15) is 4.79 Å². The average molecular weight is 296 g/mol. The number of carbonyl (C=O) groups is 1. The zero-order valence-corrected chi connectivity index (χ0v) is 13.8. The summed E-state index contributed by atoms with van der Waals surface area (Å²) in [4.78, 5) is 11.7. The molecule has 0 saturated carbocycles. The SMILES string of the molecule is COCCNCc1c(C)nn(CCC(=O)NC(C)C)c1C. The fourth-order valence-electron chi connectivity index (χ4n) is 2.20. The van der Waals surface area contributed by atoms with E-state index in [-0.39, 0.29) is 11.9 Å². The van der Waals surface area contributed by atoms with Crippen LogP contribution in [0.4, 0.5) is 0 Å². The van der Waals surface area contributed by atoms with Gasteiger partial charge in [-0.15, -0.1) is 0 Å². The molecule has 0 saturated heterocycles. The summed E-state index contributed by atoms with van der Waals surface area (Å²) >= 11 is 0. The number of aryl methyl sites for hydroxylation is 2. The van der Waals surface area contributed by atoms with Crippen LogP contribution in [0.1, 0.15) is 37.2 Å². The number of amides is 1. The molecule has 0 bridgehead atoms. The van der Waals surface area contributed by atoms with E-state index in [2.05, 4.69) is 15.7 Å². The Hall–Kier alpha value is -1.40. The van der Waals surface area contributed by atoms with E-state index < -0.39 is 0 Å². The largest absolute Gasteiger partial charge is 0.383 e. The zero-order chi connectivity index (χ0) is 15.8. The first-order valence-electron chi connectivity index (χ1n) is 7.47. The van der Waals surface area contributed by atoms with Gasteiger partial charge in [-0.3, -0.25) is 9.48 Å². The van der Waals surface area contributed by atoms with Crippen molar-refractivity contribution < 1.29 is 9.53 Å². The highest BCUT2D eigenvalue weighted by molar-refractivity contribution is 5.76. The van der Waals surface area contributed by atoms with Crippen LogP contribution in [0, 0.1) is 13.8 Å². The lowest BCUT2D eigenvalue weighted by Crippen LogP contribution is -2.30. The Morgan fingerprint density at radius 2 is 2.10 bits per heavy atom. The molecule has 0 aromatic carbocycles. The van der Waals surface area contributed by atoms with Crippen molar-refractivity contribution in [3.63, 3.8) is 0 Å². The van der Waals surface area contributed by atoms with Crippen LogP contribution in [0.2, 0.25) is 0 Å². The minimum Gasteiger partial charge on any atom is -0.383 e. The van der Waals surface area contributed by atoms with E-state index in [1.165, 1.54) is 5.56 Å². The predicted molar refractivity (Wildman–Crippen MR) is 83.2 cm³/mol. The lowest BCUT2D eigenvalue weighted by Gasteiger charge is -2.09. The number of nitrogens with zero attached hydrogens (tertiary/aromatic N) is 2. The Morgan fingerprint density at radius 3 is 2.71 bits per heavy atom. The van der Waals surface area contributed by atoms with Gasteiger partial charge < -0.3 is 15.4 Å². The summed E-state index contributed by atoms with van der Waals surface area (Å²) in [5, 5.41) is 10.8. The van der Waals surface area contributed by atoms with Gasteiger partial charge in [-0.1, -0.05) is 0 Å². The maximum Gasteiger partial charge on any atom is 0.222 e. The van der Waals surface area contributed by atoms with E-state index in [4.69, 9.17) is 4.74 Å². The molecule has 0 spiro atoms. The second-order valence-corrected chi connectivity index (χ2v) is 5.51. The van der Waals surface area contributed by atoms with Crippen molar-refractivity contribution in [3.8, 4) is 0 Å². The van der Waals surface area contributed by atoms with Crippen molar-refractivity contribution in [2.45, 2.75) is 53.2 Å². The maximum absolute atomic E-state index is 11.7. The van der Waals surface area contributed by atoms with Gasteiger partial charge in [-0.05, 0) is 27.7 Å². The van der Waals surface area contributed by atoms with Crippen LogP contribution in [0.3, 0.4) is 0 Å². The Kier molecular flexibility index (Phi) is 7.39. The third-order valence-corrected chi connectivity index (χ3v) is 3.32. The molecule has 1 rings (SSSR count). The Morgan fingerprint density at radius 1 is 1.38 bits per heavy atom. The maximum atomic E-state index is 11.7. The van der Waals surface area contributed by atoms with Crippen molar-refractivity contribution in [2.24, 2.45) is 0 Å². The van der Waals surface area contributed by atoms with Gasteiger partial charge >= 0.3 is 0 Å². The molecule has 0 fully saturated rings. The molecule has 0 aliphatic heterocycles. The third-order valence-electron chi connectivity index (χ3n) is 3.32. The lowest BCUT2D eigenvalue weighted by molar-refractivity contribution is -0.121. The number of carbonyl (C=O) groups excluding carboxylic acids is 1. The number of ether oxygens (including phenoxy) is 1. The molecular formula is C15H28N4O2. The molecule has 6 nitrogen and oxygen atoms in total. The lowest BCUT2D eigenvalue weighted by atomic mass is 10.2. The van der Waals surface area contributed by atoms with Crippen molar-refractivity contribution in [1.29, 1.82) is 0 Å². The fourth-order valence-corrected chi connectivity index (χ4v) is 2.20. The molecule has 0 radical (unpaired) electrons. The van der Waals surface area contributed by atoms with E-state index in [1.807, 2.05) is 32.4 Å². The molecule has 0 unspecified atom stereocenters. The number of nitrogens with one attached hydrogen (secondary N) is 2. The van der Waals surface area contributed by atoms with Crippen LogP contribution in [0.15, 0.2) is 0 Å². The van der Waals surface area contributed by atoms with Crippen molar-refractivity contribution in [1.82, 2.24) is 20.4 Å². The molecule has 1 aromatic rings. The zero-order valence-electron chi connectivity index (χ0n) is 13.8. The van der Waals surface area contributed by atoms with Gasteiger partial charge in [0.05, 0.1) is 12.3 Å². The van der Waals surface area contributed by atoms with E-state index >= 15 is 0 Å². The Bertz CT molecular complexity index is 455. The van der Waals surface area contributed by atoms with Gasteiger partial charge in [0.15, 0.2) is 0 Å². The van der Waals surface area contributed by atoms with Gasteiger partial charge in [0.1, 0.15) is 0 Å². The van der Waals surface area contributed by atoms with Crippen molar-refractivity contribution in [3.05, 3.63) is 17.0 Å². The average Bonchev–Trinajstić information content (AvgIpc) is 2.67. The fraction of sp³-hybridized carbons (Fsp3) is 0.733. The monoisotopic (exact) mass is 296 g/mol. The van der Waals surface area contributed by atoms with Crippen LogP contribution in [0.5, 0.6) is 0 Å². The highest BCUT2D eigenvalue weighted by Gasteiger charge is 2.12. The number of aromatic nitrogens is 2. The summed E-state index contributed by atoms with van der Waals surface area (Å²) in [5.74, 6) is 0.0670. The predicted octanol–water partition coefficient (Wildman–Crippen LogP) is 1.15. The van der Waals surface area contributed by atoms with Crippen LogP contribution >= 0.6 is 0 Å². The quantitative estimate of drug-likeness (QED) is 0.671. The minimum atomic E-state index is 0.0670. The van der Waals surface area contributed by atoms with Gasteiger partial charge in [0.25, 0.3) is 0 Å². The summed E-state index contributed by atoms with van der Waals surface area (Å²) in [6.45, 7) is 10.9. The Labute approximate surface area is 127 Å². The van der Waals surface area contributed by atoms with E-state index in [0.717, 1.165) is 24.5 Å². The molecular weight excluding hydrogens is 268 g/mol. The van der Waals surface area contributed by atoms with Crippen LogP contribution in [-0.2, 0) is 22.6 Å².